The maximum atomic E-state index is 12.3. The van der Waals surface area contributed by atoms with Crippen LogP contribution in [-0.4, -0.2) is 37.1 Å². The summed E-state index contributed by atoms with van der Waals surface area (Å²) in [6.45, 7) is 9.01. The van der Waals surface area contributed by atoms with E-state index >= 15 is 0 Å². The quantitative estimate of drug-likeness (QED) is 0.447. The molecule has 0 saturated carbocycles. The number of nitrogens with zero attached hydrogens (tertiary/aromatic N) is 2. The summed E-state index contributed by atoms with van der Waals surface area (Å²) in [5.41, 5.74) is 2.24. The average Bonchev–Trinajstić information content (AvgIpc) is 3.22. The molecule has 0 spiro atoms. The SMILES string of the molecule is Cc1cc(S(=O)(=O)NC(C)C)ccc1OCC(=O)Nc1ccc(Cc2noc(C(C)C)n2)cc1. The van der Waals surface area contributed by atoms with Crippen LogP contribution >= 0.6 is 0 Å². The highest BCUT2D eigenvalue weighted by Crippen LogP contribution is 2.22. The number of hydrogen-bond donors (Lipinski definition) is 2. The number of aromatic nitrogens is 2. The van der Waals surface area contributed by atoms with Crippen LogP contribution < -0.4 is 14.8 Å². The molecule has 34 heavy (non-hydrogen) atoms. The Labute approximate surface area is 200 Å². The van der Waals surface area contributed by atoms with E-state index < -0.39 is 10.0 Å². The molecular formula is C24H30N4O5S. The normalized spacial score (nSPS) is 11.7. The van der Waals surface area contributed by atoms with Gasteiger partial charge in [-0.05, 0) is 62.2 Å². The van der Waals surface area contributed by atoms with Crippen LogP contribution in [0.1, 0.15) is 56.5 Å². The van der Waals surface area contributed by atoms with Crippen molar-refractivity contribution in [1.29, 1.82) is 0 Å². The van der Waals surface area contributed by atoms with Crippen molar-refractivity contribution in [1.82, 2.24) is 14.9 Å². The van der Waals surface area contributed by atoms with E-state index in [0.717, 1.165) is 5.56 Å². The first-order chi connectivity index (χ1) is 16.0. The van der Waals surface area contributed by atoms with Crippen molar-refractivity contribution >= 4 is 21.6 Å². The molecule has 3 rings (SSSR count). The fraction of sp³-hybridized carbons (Fsp3) is 0.375. The number of carbonyl (C=O) groups is 1. The summed E-state index contributed by atoms with van der Waals surface area (Å²) in [7, 11) is -3.60. The molecule has 0 fully saturated rings. The van der Waals surface area contributed by atoms with E-state index in [9.17, 15) is 13.2 Å². The summed E-state index contributed by atoms with van der Waals surface area (Å²) in [4.78, 5) is 16.8. The summed E-state index contributed by atoms with van der Waals surface area (Å²) in [6.07, 6.45) is 0.533. The van der Waals surface area contributed by atoms with Crippen molar-refractivity contribution in [2.24, 2.45) is 0 Å². The molecule has 1 heterocycles. The number of benzene rings is 2. The fourth-order valence-corrected chi connectivity index (χ4v) is 4.47. The molecule has 3 aromatic rings. The van der Waals surface area contributed by atoms with Crippen LogP contribution in [0.4, 0.5) is 5.69 Å². The molecule has 0 bridgehead atoms. The lowest BCUT2D eigenvalue weighted by Crippen LogP contribution is -2.30. The van der Waals surface area contributed by atoms with E-state index in [1.54, 1.807) is 39.0 Å². The van der Waals surface area contributed by atoms with Gasteiger partial charge in [-0.25, -0.2) is 13.1 Å². The maximum Gasteiger partial charge on any atom is 0.262 e. The lowest BCUT2D eigenvalue weighted by atomic mass is 10.1. The van der Waals surface area contributed by atoms with Crippen LogP contribution in [0.15, 0.2) is 51.9 Å². The Morgan fingerprint density at radius 1 is 1.09 bits per heavy atom. The van der Waals surface area contributed by atoms with Crippen LogP contribution in [0.5, 0.6) is 5.75 Å². The third-order valence-electron chi connectivity index (χ3n) is 4.78. The molecule has 0 saturated heterocycles. The minimum absolute atomic E-state index is 0.150. The molecular weight excluding hydrogens is 456 g/mol. The summed E-state index contributed by atoms with van der Waals surface area (Å²) in [5, 5.41) is 6.77. The smallest absolute Gasteiger partial charge is 0.262 e. The van der Waals surface area contributed by atoms with E-state index in [1.807, 2.05) is 26.0 Å². The van der Waals surface area contributed by atoms with Crippen molar-refractivity contribution in [2.75, 3.05) is 11.9 Å². The molecule has 0 aliphatic rings. The fourth-order valence-electron chi connectivity index (χ4n) is 3.13. The topological polar surface area (TPSA) is 123 Å². The van der Waals surface area contributed by atoms with Crippen molar-refractivity contribution in [2.45, 2.75) is 57.9 Å². The highest BCUT2D eigenvalue weighted by atomic mass is 32.2. The summed E-state index contributed by atoms with van der Waals surface area (Å²) in [5.74, 6) is 1.51. The van der Waals surface area contributed by atoms with Gasteiger partial charge in [-0.2, -0.15) is 4.98 Å². The van der Waals surface area contributed by atoms with E-state index in [4.69, 9.17) is 9.26 Å². The minimum Gasteiger partial charge on any atom is -0.483 e. The largest absolute Gasteiger partial charge is 0.483 e. The second kappa shape index (κ2) is 10.8. The maximum absolute atomic E-state index is 12.3. The van der Waals surface area contributed by atoms with Gasteiger partial charge in [0.25, 0.3) is 5.91 Å². The number of anilines is 1. The third kappa shape index (κ3) is 6.88. The van der Waals surface area contributed by atoms with Crippen molar-refractivity contribution in [3.8, 4) is 5.75 Å². The van der Waals surface area contributed by atoms with Gasteiger partial charge in [-0.1, -0.05) is 31.1 Å². The number of ether oxygens (including phenoxy) is 1. The molecule has 0 atom stereocenters. The Balaban J connectivity index is 1.53. The summed E-state index contributed by atoms with van der Waals surface area (Å²) >= 11 is 0. The number of carbonyl (C=O) groups excluding carboxylic acids is 1. The number of sulfonamides is 1. The molecule has 0 radical (unpaired) electrons. The van der Waals surface area contributed by atoms with Gasteiger partial charge < -0.3 is 14.6 Å². The zero-order valence-corrected chi connectivity index (χ0v) is 20.8. The molecule has 0 unspecified atom stereocenters. The summed E-state index contributed by atoms with van der Waals surface area (Å²) in [6, 6.07) is 11.7. The number of amides is 1. The molecule has 10 heteroatoms. The van der Waals surface area contributed by atoms with Gasteiger partial charge >= 0.3 is 0 Å². The second-order valence-corrected chi connectivity index (χ2v) is 10.3. The lowest BCUT2D eigenvalue weighted by Gasteiger charge is -2.13. The first-order valence-corrected chi connectivity index (χ1v) is 12.5. The Morgan fingerprint density at radius 3 is 2.38 bits per heavy atom. The predicted octanol–water partition coefficient (Wildman–Crippen LogP) is 3.80. The number of nitrogens with one attached hydrogen (secondary N) is 2. The molecule has 2 aromatic carbocycles. The number of hydrogen-bond acceptors (Lipinski definition) is 7. The van der Waals surface area contributed by atoms with Gasteiger partial charge in [0.15, 0.2) is 12.4 Å². The standard InChI is InChI=1S/C24H30N4O5S/c1-15(2)24-26-22(27-33-24)13-18-6-8-19(9-7-18)25-23(29)14-32-21-11-10-20(12-17(21)5)34(30,31)28-16(3)4/h6-12,15-16,28H,13-14H2,1-5H3,(H,25,29). The number of aryl methyl sites for hydroxylation is 1. The molecule has 182 valence electrons. The molecule has 9 nitrogen and oxygen atoms in total. The lowest BCUT2D eigenvalue weighted by molar-refractivity contribution is -0.118. The Bertz CT molecular complexity index is 1230. The van der Waals surface area contributed by atoms with Gasteiger partial charge in [-0.15, -0.1) is 0 Å². The van der Waals surface area contributed by atoms with Crippen molar-refractivity contribution < 1.29 is 22.5 Å². The molecule has 0 aliphatic carbocycles. The van der Waals surface area contributed by atoms with E-state index in [0.29, 0.717) is 35.1 Å². The van der Waals surface area contributed by atoms with E-state index in [-0.39, 0.29) is 29.4 Å². The zero-order valence-electron chi connectivity index (χ0n) is 20.0. The van der Waals surface area contributed by atoms with E-state index in [1.165, 1.54) is 12.1 Å². The van der Waals surface area contributed by atoms with Gasteiger partial charge in [0, 0.05) is 24.1 Å². The Morgan fingerprint density at radius 2 is 1.79 bits per heavy atom. The van der Waals surface area contributed by atoms with Crippen LogP contribution in [0.3, 0.4) is 0 Å². The molecule has 1 aromatic heterocycles. The van der Waals surface area contributed by atoms with Gasteiger partial charge in [0.05, 0.1) is 4.90 Å². The average molecular weight is 487 g/mol. The third-order valence-corrected chi connectivity index (χ3v) is 6.44. The molecule has 1 amide bonds. The first kappa shape index (κ1) is 25.4. The van der Waals surface area contributed by atoms with Crippen LogP contribution in [0.2, 0.25) is 0 Å². The van der Waals surface area contributed by atoms with Crippen LogP contribution in [0.25, 0.3) is 0 Å². The van der Waals surface area contributed by atoms with E-state index in [2.05, 4.69) is 20.2 Å². The first-order valence-electron chi connectivity index (χ1n) is 11.0. The number of rotatable bonds is 10. The zero-order chi connectivity index (χ0) is 24.9. The monoisotopic (exact) mass is 486 g/mol. The second-order valence-electron chi connectivity index (χ2n) is 8.62. The Kier molecular flexibility index (Phi) is 8.06. The van der Waals surface area contributed by atoms with Gasteiger partial charge in [0.1, 0.15) is 5.75 Å². The van der Waals surface area contributed by atoms with Crippen molar-refractivity contribution in [3.05, 3.63) is 65.3 Å². The van der Waals surface area contributed by atoms with Crippen LogP contribution in [0, 0.1) is 6.92 Å². The van der Waals surface area contributed by atoms with Crippen LogP contribution in [-0.2, 0) is 21.2 Å². The minimum atomic E-state index is -3.60. The Hall–Kier alpha value is -3.24. The molecule has 0 aliphatic heterocycles. The predicted molar refractivity (Wildman–Crippen MR) is 128 cm³/mol. The van der Waals surface area contributed by atoms with Gasteiger partial charge in [-0.3, -0.25) is 4.79 Å². The van der Waals surface area contributed by atoms with Gasteiger partial charge in [0.2, 0.25) is 15.9 Å². The highest BCUT2D eigenvalue weighted by molar-refractivity contribution is 7.89. The summed E-state index contributed by atoms with van der Waals surface area (Å²) < 4.78 is 38.0. The highest BCUT2D eigenvalue weighted by Gasteiger charge is 2.17. The molecule has 2 N–H and O–H groups in total. The van der Waals surface area contributed by atoms with Crippen molar-refractivity contribution in [3.63, 3.8) is 0 Å².